The number of aromatic nitrogens is 2. The Bertz CT molecular complexity index is 744. The van der Waals surface area contributed by atoms with Gasteiger partial charge in [-0.05, 0) is 30.5 Å². The van der Waals surface area contributed by atoms with Crippen LogP contribution in [0.25, 0.3) is 0 Å². The minimum Gasteiger partial charge on any atom is -0.388 e. The van der Waals surface area contributed by atoms with Gasteiger partial charge in [-0.15, -0.1) is 0 Å². The second-order valence-electron chi connectivity index (χ2n) is 5.39. The smallest absolute Gasteiger partial charge is 0.277 e. The fourth-order valence-corrected chi connectivity index (χ4v) is 2.54. The van der Waals surface area contributed by atoms with Crippen molar-refractivity contribution in [3.8, 4) is 0 Å². The molecule has 2 heterocycles. The molecule has 0 bridgehead atoms. The zero-order valence-corrected chi connectivity index (χ0v) is 13.7. The summed E-state index contributed by atoms with van der Waals surface area (Å²) in [5.74, 6) is -0.287. The topological polar surface area (TPSA) is 73.2 Å². The average molecular weight is 333 g/mol. The maximum absolute atomic E-state index is 13.0. The molecule has 24 heavy (non-hydrogen) atoms. The standard InChI is InChI=1S/C15H14FN3O2.C2H6O/c16-11-3-1-10(2-4-11)12-5-6-13-14(18-12)15(21)19(7-8-20)9-17-13;1-3-2/h1-4,8-9,12,18H,5-7H2;1-2H3. The van der Waals surface area contributed by atoms with E-state index in [1.807, 2.05) is 0 Å². The Morgan fingerprint density at radius 2 is 2.04 bits per heavy atom. The van der Waals surface area contributed by atoms with Crippen molar-refractivity contribution in [2.75, 3.05) is 19.5 Å². The molecule has 1 atom stereocenters. The lowest BCUT2D eigenvalue weighted by Gasteiger charge is -2.26. The average Bonchev–Trinajstić information content (AvgIpc) is 2.59. The van der Waals surface area contributed by atoms with Crippen LogP contribution in [0.1, 0.15) is 23.7 Å². The van der Waals surface area contributed by atoms with E-state index in [-0.39, 0.29) is 24.0 Å². The predicted octanol–water partition coefficient (Wildman–Crippen LogP) is 1.94. The molecule has 1 aliphatic rings. The van der Waals surface area contributed by atoms with E-state index in [0.717, 1.165) is 12.0 Å². The lowest BCUT2D eigenvalue weighted by atomic mass is 9.96. The van der Waals surface area contributed by atoms with E-state index in [1.54, 1.807) is 26.4 Å². The van der Waals surface area contributed by atoms with E-state index in [2.05, 4.69) is 15.0 Å². The molecule has 3 rings (SSSR count). The van der Waals surface area contributed by atoms with E-state index in [9.17, 15) is 14.0 Å². The molecule has 1 unspecified atom stereocenters. The molecule has 1 aliphatic heterocycles. The molecule has 1 aromatic carbocycles. The first-order chi connectivity index (χ1) is 11.6. The minimum absolute atomic E-state index is 0.0119. The Kier molecular flexibility index (Phi) is 6.20. The van der Waals surface area contributed by atoms with Gasteiger partial charge < -0.3 is 14.8 Å². The SMILES string of the molecule is COC.O=CCn1cnc2c(c1=O)NC(c1ccc(F)cc1)CC2. The quantitative estimate of drug-likeness (QED) is 0.869. The number of hydrogen-bond acceptors (Lipinski definition) is 5. The summed E-state index contributed by atoms with van der Waals surface area (Å²) >= 11 is 0. The molecule has 2 aromatic rings. The van der Waals surface area contributed by atoms with Gasteiger partial charge in [0.05, 0.1) is 24.6 Å². The monoisotopic (exact) mass is 333 g/mol. The molecular weight excluding hydrogens is 313 g/mol. The van der Waals surface area contributed by atoms with Crippen molar-refractivity contribution >= 4 is 12.0 Å². The molecule has 1 aromatic heterocycles. The van der Waals surface area contributed by atoms with Gasteiger partial charge in [0, 0.05) is 14.2 Å². The summed E-state index contributed by atoms with van der Waals surface area (Å²) in [7, 11) is 3.25. The number of fused-ring (bicyclic) bond motifs is 1. The summed E-state index contributed by atoms with van der Waals surface area (Å²) < 4.78 is 18.5. The van der Waals surface area contributed by atoms with Crippen molar-refractivity contribution in [3.05, 3.63) is 58.0 Å². The van der Waals surface area contributed by atoms with Gasteiger partial charge in [-0.3, -0.25) is 9.36 Å². The van der Waals surface area contributed by atoms with Gasteiger partial charge in [-0.2, -0.15) is 0 Å². The number of nitrogens with zero attached hydrogens (tertiary/aromatic N) is 2. The van der Waals surface area contributed by atoms with Crippen molar-refractivity contribution in [2.24, 2.45) is 0 Å². The third kappa shape index (κ3) is 4.05. The second kappa shape index (κ2) is 8.35. The van der Waals surface area contributed by atoms with Gasteiger partial charge in [0.1, 0.15) is 17.8 Å². The number of benzene rings is 1. The molecule has 0 spiro atoms. The summed E-state index contributed by atoms with van der Waals surface area (Å²) in [6.45, 7) is -0.0119. The zero-order chi connectivity index (χ0) is 17.5. The number of rotatable bonds is 3. The van der Waals surface area contributed by atoms with Gasteiger partial charge in [0.25, 0.3) is 5.56 Å². The lowest BCUT2D eigenvalue weighted by Crippen LogP contribution is -2.31. The van der Waals surface area contributed by atoms with E-state index in [0.29, 0.717) is 24.1 Å². The molecule has 0 saturated heterocycles. The minimum atomic E-state index is -0.287. The number of methoxy groups -OCH3 is 1. The molecule has 0 fully saturated rings. The second-order valence-corrected chi connectivity index (χ2v) is 5.39. The maximum Gasteiger partial charge on any atom is 0.277 e. The van der Waals surface area contributed by atoms with Crippen molar-refractivity contribution in [1.82, 2.24) is 9.55 Å². The van der Waals surface area contributed by atoms with Gasteiger partial charge in [0.2, 0.25) is 0 Å². The first kappa shape index (κ1) is 17.8. The van der Waals surface area contributed by atoms with Crippen molar-refractivity contribution in [1.29, 1.82) is 0 Å². The van der Waals surface area contributed by atoms with E-state index in [4.69, 9.17) is 0 Å². The molecular formula is C17H20FN3O3. The third-order valence-corrected chi connectivity index (χ3v) is 3.65. The zero-order valence-electron chi connectivity index (χ0n) is 13.7. The molecule has 1 N–H and O–H groups in total. The number of aryl methyl sites for hydroxylation is 1. The van der Waals surface area contributed by atoms with Crippen LogP contribution in [0.15, 0.2) is 35.4 Å². The summed E-state index contributed by atoms with van der Waals surface area (Å²) in [6, 6.07) is 6.16. The van der Waals surface area contributed by atoms with Crippen molar-refractivity contribution in [3.63, 3.8) is 0 Å². The molecule has 0 aliphatic carbocycles. The van der Waals surface area contributed by atoms with Crippen molar-refractivity contribution in [2.45, 2.75) is 25.4 Å². The number of aldehydes is 1. The van der Waals surface area contributed by atoms with E-state index < -0.39 is 0 Å². The Morgan fingerprint density at radius 3 is 2.67 bits per heavy atom. The largest absolute Gasteiger partial charge is 0.388 e. The highest BCUT2D eigenvalue weighted by Gasteiger charge is 2.23. The van der Waals surface area contributed by atoms with Crippen molar-refractivity contribution < 1.29 is 13.9 Å². The molecule has 128 valence electrons. The molecule has 0 saturated carbocycles. The van der Waals surface area contributed by atoms with Crippen LogP contribution in [0.5, 0.6) is 0 Å². The predicted molar refractivity (Wildman–Crippen MR) is 88.6 cm³/mol. The van der Waals surface area contributed by atoms with Crippen LogP contribution in [0, 0.1) is 5.82 Å². The highest BCUT2D eigenvalue weighted by molar-refractivity contribution is 5.53. The van der Waals surface area contributed by atoms with Crippen LogP contribution in [0.4, 0.5) is 10.1 Å². The maximum atomic E-state index is 13.0. The van der Waals surface area contributed by atoms with Gasteiger partial charge in [0.15, 0.2) is 0 Å². The first-order valence-electron chi connectivity index (χ1n) is 7.54. The van der Waals surface area contributed by atoms with Crippen LogP contribution < -0.4 is 10.9 Å². The summed E-state index contributed by atoms with van der Waals surface area (Å²) in [5, 5.41) is 3.17. The van der Waals surface area contributed by atoms with E-state index >= 15 is 0 Å². The van der Waals surface area contributed by atoms with Gasteiger partial charge in [-0.25, -0.2) is 9.37 Å². The van der Waals surface area contributed by atoms with Crippen LogP contribution in [0.3, 0.4) is 0 Å². The van der Waals surface area contributed by atoms with Gasteiger partial charge in [-0.1, -0.05) is 12.1 Å². The summed E-state index contributed by atoms with van der Waals surface area (Å²) in [4.78, 5) is 27.1. The Morgan fingerprint density at radius 1 is 1.38 bits per heavy atom. The number of nitrogens with one attached hydrogen (secondary N) is 1. The summed E-state index contributed by atoms with van der Waals surface area (Å²) in [5.41, 5.74) is 1.81. The number of carbonyl (C=O) groups excluding carboxylic acids is 1. The lowest BCUT2D eigenvalue weighted by molar-refractivity contribution is -0.108. The Hall–Kier alpha value is -2.54. The number of hydrogen-bond donors (Lipinski definition) is 1. The molecule has 0 amide bonds. The Balaban J connectivity index is 0.000000647. The van der Waals surface area contributed by atoms with Crippen LogP contribution in [-0.4, -0.2) is 30.1 Å². The number of halogens is 1. The first-order valence-corrected chi connectivity index (χ1v) is 7.54. The van der Waals surface area contributed by atoms with E-state index in [1.165, 1.54) is 23.0 Å². The normalized spacial score (nSPS) is 15.5. The highest BCUT2D eigenvalue weighted by Crippen LogP contribution is 2.29. The summed E-state index contributed by atoms with van der Waals surface area (Å²) in [6.07, 6.45) is 3.51. The number of ether oxygens (including phenoxy) is 1. The Labute approximate surface area is 139 Å². The highest BCUT2D eigenvalue weighted by atomic mass is 19.1. The van der Waals surface area contributed by atoms with Gasteiger partial charge >= 0.3 is 0 Å². The third-order valence-electron chi connectivity index (χ3n) is 3.65. The molecule has 0 radical (unpaired) electrons. The van der Waals surface area contributed by atoms with Crippen LogP contribution in [-0.2, 0) is 22.5 Å². The fraction of sp³-hybridized carbons (Fsp3) is 0.353. The fourth-order valence-electron chi connectivity index (χ4n) is 2.54. The van der Waals surface area contributed by atoms with Crippen LogP contribution in [0.2, 0.25) is 0 Å². The molecule has 6 nitrogen and oxygen atoms in total. The van der Waals surface area contributed by atoms with Crippen LogP contribution >= 0.6 is 0 Å². The number of carbonyl (C=O) groups is 1. The molecule has 7 heteroatoms. The number of anilines is 1.